The topological polar surface area (TPSA) is 42.7 Å². The number of fused-ring (bicyclic) bond motifs is 1. The number of aromatic nitrogens is 3. The van der Waals surface area contributed by atoms with E-state index in [2.05, 4.69) is 27.7 Å². The summed E-state index contributed by atoms with van der Waals surface area (Å²) in [6.07, 6.45) is 9.42. The summed E-state index contributed by atoms with van der Waals surface area (Å²) in [5.41, 5.74) is 3.25. The van der Waals surface area contributed by atoms with E-state index < -0.39 is 0 Å². The molecule has 0 bridgehead atoms. The largest absolute Gasteiger partial charge is 0.313 e. The van der Waals surface area contributed by atoms with Gasteiger partial charge in [-0.1, -0.05) is 12.8 Å². The van der Waals surface area contributed by atoms with Crippen molar-refractivity contribution in [1.82, 2.24) is 20.1 Å². The van der Waals surface area contributed by atoms with Crippen LogP contribution in [-0.2, 0) is 13.6 Å². The van der Waals surface area contributed by atoms with Crippen LogP contribution in [0.2, 0.25) is 0 Å². The van der Waals surface area contributed by atoms with Gasteiger partial charge < -0.3 is 5.32 Å². The van der Waals surface area contributed by atoms with Gasteiger partial charge in [0, 0.05) is 25.2 Å². The molecule has 0 aliphatic heterocycles. The number of nitrogens with one attached hydrogen (secondary N) is 1. The first-order chi connectivity index (χ1) is 10.2. The summed E-state index contributed by atoms with van der Waals surface area (Å²) in [4.78, 5) is 4.51. The third-order valence-electron chi connectivity index (χ3n) is 3.70. The molecule has 0 fully saturated rings. The van der Waals surface area contributed by atoms with Gasteiger partial charge in [0.1, 0.15) is 0 Å². The molecule has 0 atom stereocenters. The maximum atomic E-state index is 4.51. The van der Waals surface area contributed by atoms with Gasteiger partial charge in [0.15, 0.2) is 5.65 Å². The number of thioether (sulfide) groups is 1. The van der Waals surface area contributed by atoms with E-state index in [4.69, 9.17) is 0 Å². The lowest BCUT2D eigenvalue weighted by Gasteiger charge is -2.05. The van der Waals surface area contributed by atoms with E-state index in [1.807, 2.05) is 36.6 Å². The van der Waals surface area contributed by atoms with Crippen LogP contribution in [0.5, 0.6) is 0 Å². The van der Waals surface area contributed by atoms with Crippen LogP contribution in [0.4, 0.5) is 0 Å². The van der Waals surface area contributed by atoms with Crippen molar-refractivity contribution in [2.75, 3.05) is 18.6 Å². The van der Waals surface area contributed by atoms with Crippen molar-refractivity contribution in [2.24, 2.45) is 7.05 Å². The lowest BCUT2D eigenvalue weighted by Crippen LogP contribution is -2.14. The summed E-state index contributed by atoms with van der Waals surface area (Å²) < 4.78 is 1.84. The minimum Gasteiger partial charge on any atom is -0.313 e. The summed E-state index contributed by atoms with van der Waals surface area (Å²) in [5.74, 6) is 1.30. The van der Waals surface area contributed by atoms with Gasteiger partial charge in [-0.3, -0.25) is 4.68 Å². The molecule has 0 spiro atoms. The average molecular weight is 306 g/mol. The van der Waals surface area contributed by atoms with Crippen molar-refractivity contribution < 1.29 is 0 Å². The first-order valence-electron chi connectivity index (χ1n) is 7.70. The highest BCUT2D eigenvalue weighted by molar-refractivity contribution is 7.98. The number of nitrogens with zero attached hydrogens (tertiary/aromatic N) is 3. The quantitative estimate of drug-likeness (QED) is 0.722. The summed E-state index contributed by atoms with van der Waals surface area (Å²) in [7, 11) is 1.94. The molecule has 0 saturated heterocycles. The minimum absolute atomic E-state index is 0.891. The van der Waals surface area contributed by atoms with E-state index in [1.54, 1.807) is 0 Å². The van der Waals surface area contributed by atoms with Crippen molar-refractivity contribution >= 4 is 22.8 Å². The minimum atomic E-state index is 0.891. The Bertz CT molecular complexity index is 565. The van der Waals surface area contributed by atoms with Gasteiger partial charge in [-0.2, -0.15) is 16.9 Å². The van der Waals surface area contributed by atoms with Crippen LogP contribution in [0.1, 0.15) is 36.9 Å². The Hall–Kier alpha value is -1.07. The molecule has 2 rings (SSSR count). The summed E-state index contributed by atoms with van der Waals surface area (Å²) in [6.45, 7) is 4.02. The fraction of sp³-hybridized carbons (Fsp3) is 0.625. The third kappa shape index (κ3) is 4.71. The molecule has 4 nitrogen and oxygen atoms in total. The Morgan fingerprint density at radius 3 is 2.86 bits per heavy atom. The molecular weight excluding hydrogens is 280 g/mol. The van der Waals surface area contributed by atoms with Crippen LogP contribution in [0, 0.1) is 6.92 Å². The predicted molar refractivity (Wildman–Crippen MR) is 91.8 cm³/mol. The molecule has 0 aliphatic carbocycles. The normalized spacial score (nSPS) is 11.4. The molecule has 5 heteroatoms. The first kappa shape index (κ1) is 16.3. The Labute approximate surface area is 131 Å². The molecule has 0 aliphatic rings. The summed E-state index contributed by atoms with van der Waals surface area (Å²) >= 11 is 1.94. The Morgan fingerprint density at radius 1 is 1.24 bits per heavy atom. The molecule has 0 saturated carbocycles. The number of rotatable bonds is 9. The van der Waals surface area contributed by atoms with Gasteiger partial charge in [-0.05, 0) is 49.9 Å². The van der Waals surface area contributed by atoms with Crippen LogP contribution in [-0.4, -0.2) is 33.3 Å². The monoisotopic (exact) mass is 306 g/mol. The summed E-state index contributed by atoms with van der Waals surface area (Å²) in [5, 5.41) is 9.08. The number of aryl methyl sites for hydroxylation is 2. The van der Waals surface area contributed by atoms with Crippen LogP contribution in [0.3, 0.4) is 0 Å². The lowest BCUT2D eigenvalue weighted by molar-refractivity contribution is 0.599. The van der Waals surface area contributed by atoms with Crippen LogP contribution < -0.4 is 5.32 Å². The smallest absolute Gasteiger partial charge is 0.157 e. The van der Waals surface area contributed by atoms with Gasteiger partial charge in [0.25, 0.3) is 0 Å². The zero-order valence-corrected chi connectivity index (χ0v) is 14.2. The number of pyridine rings is 1. The molecule has 1 N–H and O–H groups in total. The van der Waals surface area contributed by atoms with Gasteiger partial charge in [0.2, 0.25) is 0 Å². The number of hydrogen-bond donors (Lipinski definition) is 1. The molecular formula is C16H26N4S. The highest BCUT2D eigenvalue weighted by Gasteiger charge is 2.06. The zero-order valence-electron chi connectivity index (χ0n) is 13.4. The Kier molecular flexibility index (Phi) is 6.51. The van der Waals surface area contributed by atoms with Crippen LogP contribution in [0.25, 0.3) is 11.0 Å². The van der Waals surface area contributed by atoms with Crippen molar-refractivity contribution in [3.8, 4) is 0 Å². The number of hydrogen-bond acceptors (Lipinski definition) is 4. The average Bonchev–Trinajstić information content (AvgIpc) is 2.76. The fourth-order valence-corrected chi connectivity index (χ4v) is 3.02. The van der Waals surface area contributed by atoms with E-state index >= 15 is 0 Å². The Balaban J connectivity index is 1.73. The van der Waals surface area contributed by atoms with Crippen LogP contribution >= 0.6 is 11.8 Å². The highest BCUT2D eigenvalue weighted by Crippen LogP contribution is 2.16. The molecule has 0 aromatic carbocycles. The second-order valence-electron chi connectivity index (χ2n) is 5.51. The highest BCUT2D eigenvalue weighted by atomic mass is 32.2. The fourth-order valence-electron chi connectivity index (χ4n) is 2.53. The van der Waals surface area contributed by atoms with Crippen molar-refractivity contribution in [1.29, 1.82) is 0 Å². The van der Waals surface area contributed by atoms with Crippen LogP contribution in [0.15, 0.2) is 12.3 Å². The predicted octanol–water partition coefficient (Wildman–Crippen LogP) is 3.29. The van der Waals surface area contributed by atoms with Gasteiger partial charge in [-0.15, -0.1) is 0 Å². The van der Waals surface area contributed by atoms with Crippen molar-refractivity contribution in [2.45, 2.75) is 39.2 Å². The van der Waals surface area contributed by atoms with Gasteiger partial charge >= 0.3 is 0 Å². The summed E-state index contributed by atoms with van der Waals surface area (Å²) in [6, 6.07) is 2.20. The van der Waals surface area contributed by atoms with E-state index in [-0.39, 0.29) is 0 Å². The molecule has 0 unspecified atom stereocenters. The molecule has 21 heavy (non-hydrogen) atoms. The molecule has 2 aromatic rings. The number of unbranched alkanes of at least 4 members (excludes halogenated alkanes) is 3. The van der Waals surface area contributed by atoms with E-state index in [0.29, 0.717) is 0 Å². The lowest BCUT2D eigenvalue weighted by atomic mass is 10.2. The van der Waals surface area contributed by atoms with E-state index in [9.17, 15) is 0 Å². The SMILES string of the molecule is CSCCCCCCNCc1cnc2c(c1)c(C)nn2C. The molecule has 2 heterocycles. The second kappa shape index (κ2) is 8.39. The van der Waals surface area contributed by atoms with Gasteiger partial charge in [0.05, 0.1) is 5.69 Å². The van der Waals surface area contributed by atoms with Crippen molar-refractivity contribution in [3.05, 3.63) is 23.5 Å². The molecule has 116 valence electrons. The first-order valence-corrected chi connectivity index (χ1v) is 9.09. The molecule has 0 radical (unpaired) electrons. The van der Waals surface area contributed by atoms with E-state index in [1.165, 1.54) is 37.0 Å². The zero-order chi connectivity index (χ0) is 15.1. The maximum Gasteiger partial charge on any atom is 0.157 e. The molecule has 2 aromatic heterocycles. The maximum absolute atomic E-state index is 4.51. The standard InChI is InChI=1S/C16H26N4S/c1-13-15-10-14(12-18-16(15)20(2)19-13)11-17-8-6-4-5-7-9-21-3/h10,12,17H,4-9,11H2,1-3H3. The van der Waals surface area contributed by atoms with Gasteiger partial charge in [-0.25, -0.2) is 4.98 Å². The Morgan fingerprint density at radius 2 is 2.05 bits per heavy atom. The third-order valence-corrected chi connectivity index (χ3v) is 4.40. The van der Waals surface area contributed by atoms with E-state index in [0.717, 1.165) is 29.8 Å². The second-order valence-corrected chi connectivity index (χ2v) is 6.49. The van der Waals surface area contributed by atoms with Crippen molar-refractivity contribution in [3.63, 3.8) is 0 Å². The molecule has 0 amide bonds.